The number of furan rings is 1. The fourth-order valence-corrected chi connectivity index (χ4v) is 2.07. The summed E-state index contributed by atoms with van der Waals surface area (Å²) in [7, 11) is 1.74. The molecule has 0 amide bonds. The van der Waals surface area contributed by atoms with Crippen molar-refractivity contribution >= 4 is 0 Å². The Kier molecular flexibility index (Phi) is 4.20. The van der Waals surface area contributed by atoms with E-state index in [0.717, 1.165) is 19.6 Å². The van der Waals surface area contributed by atoms with Gasteiger partial charge in [-0.05, 0) is 36.8 Å². The number of ether oxygens (including phenoxy) is 1. The third-order valence-electron chi connectivity index (χ3n) is 3.50. The van der Waals surface area contributed by atoms with Crippen LogP contribution in [0, 0.1) is 5.41 Å². The van der Waals surface area contributed by atoms with Crippen LogP contribution in [0.15, 0.2) is 22.8 Å². The molecule has 0 saturated heterocycles. The lowest BCUT2D eigenvalue weighted by atomic mass is 10.0. The molecule has 17 heavy (non-hydrogen) atoms. The molecule has 1 saturated carbocycles. The number of rotatable bonds is 8. The van der Waals surface area contributed by atoms with Crippen LogP contribution < -0.4 is 5.32 Å². The predicted molar refractivity (Wildman–Crippen MR) is 64.7 cm³/mol. The van der Waals surface area contributed by atoms with E-state index in [1.165, 1.54) is 12.8 Å². The van der Waals surface area contributed by atoms with E-state index in [2.05, 4.69) is 5.32 Å². The summed E-state index contributed by atoms with van der Waals surface area (Å²) < 4.78 is 10.3. The van der Waals surface area contributed by atoms with Crippen molar-refractivity contribution in [3.63, 3.8) is 0 Å². The van der Waals surface area contributed by atoms with E-state index in [9.17, 15) is 5.11 Å². The molecule has 1 aliphatic rings. The molecule has 0 aliphatic heterocycles. The first kappa shape index (κ1) is 12.6. The van der Waals surface area contributed by atoms with E-state index in [-0.39, 0.29) is 0 Å². The number of hydrogen-bond acceptors (Lipinski definition) is 4. The molecule has 0 aromatic carbocycles. The van der Waals surface area contributed by atoms with Crippen LogP contribution in [0.1, 0.15) is 31.1 Å². The summed E-state index contributed by atoms with van der Waals surface area (Å²) in [5, 5.41) is 13.1. The third-order valence-corrected chi connectivity index (χ3v) is 3.50. The minimum atomic E-state index is -0.553. The van der Waals surface area contributed by atoms with Crippen LogP contribution in [0.5, 0.6) is 0 Å². The highest BCUT2D eigenvalue weighted by atomic mass is 16.5. The van der Waals surface area contributed by atoms with Crippen LogP contribution in [-0.4, -0.2) is 31.9 Å². The normalized spacial score (nSPS) is 19.2. The molecule has 2 rings (SSSR count). The molecule has 1 heterocycles. The van der Waals surface area contributed by atoms with Crippen LogP contribution in [0.3, 0.4) is 0 Å². The van der Waals surface area contributed by atoms with Gasteiger partial charge in [0.05, 0.1) is 6.26 Å². The number of hydrogen-bond donors (Lipinski definition) is 2. The molecular formula is C13H21NO3. The van der Waals surface area contributed by atoms with Gasteiger partial charge in [0.1, 0.15) is 11.9 Å². The molecule has 1 atom stereocenters. The Morgan fingerprint density at radius 1 is 1.59 bits per heavy atom. The Bertz CT molecular complexity index is 319. The van der Waals surface area contributed by atoms with E-state index in [4.69, 9.17) is 9.15 Å². The molecule has 4 heteroatoms. The smallest absolute Gasteiger partial charge is 0.133 e. The van der Waals surface area contributed by atoms with Gasteiger partial charge in [-0.2, -0.15) is 0 Å². The second-order valence-electron chi connectivity index (χ2n) is 4.90. The SMILES string of the molecule is COCCC1(CNCC(O)c2ccco2)CC1. The highest BCUT2D eigenvalue weighted by Crippen LogP contribution is 2.48. The second-order valence-corrected chi connectivity index (χ2v) is 4.90. The van der Waals surface area contributed by atoms with Crippen molar-refractivity contribution in [3.8, 4) is 0 Å². The quantitative estimate of drug-likeness (QED) is 0.725. The molecule has 1 aliphatic carbocycles. The van der Waals surface area contributed by atoms with Gasteiger partial charge >= 0.3 is 0 Å². The van der Waals surface area contributed by atoms with Gasteiger partial charge < -0.3 is 19.6 Å². The fourth-order valence-electron chi connectivity index (χ4n) is 2.07. The van der Waals surface area contributed by atoms with Crippen LogP contribution in [0.4, 0.5) is 0 Å². The molecule has 0 spiro atoms. The van der Waals surface area contributed by atoms with Crippen LogP contribution in [0.25, 0.3) is 0 Å². The zero-order valence-corrected chi connectivity index (χ0v) is 10.3. The van der Waals surface area contributed by atoms with Gasteiger partial charge in [0.25, 0.3) is 0 Å². The first-order valence-corrected chi connectivity index (χ1v) is 6.17. The van der Waals surface area contributed by atoms with Gasteiger partial charge in [-0.25, -0.2) is 0 Å². The largest absolute Gasteiger partial charge is 0.467 e. The van der Waals surface area contributed by atoms with E-state index >= 15 is 0 Å². The fraction of sp³-hybridized carbons (Fsp3) is 0.692. The number of aliphatic hydroxyl groups excluding tert-OH is 1. The second kappa shape index (κ2) is 5.67. The number of methoxy groups -OCH3 is 1. The average Bonchev–Trinajstić information content (AvgIpc) is 2.89. The Labute approximate surface area is 102 Å². The minimum absolute atomic E-state index is 0.416. The maximum absolute atomic E-state index is 9.82. The van der Waals surface area contributed by atoms with Crippen LogP contribution in [-0.2, 0) is 4.74 Å². The lowest BCUT2D eigenvalue weighted by Crippen LogP contribution is -2.28. The monoisotopic (exact) mass is 239 g/mol. The number of nitrogens with one attached hydrogen (secondary N) is 1. The molecule has 0 radical (unpaired) electrons. The number of aliphatic hydroxyl groups is 1. The molecule has 0 bridgehead atoms. The lowest BCUT2D eigenvalue weighted by Gasteiger charge is -2.16. The predicted octanol–water partition coefficient (Wildman–Crippen LogP) is 1.72. The highest BCUT2D eigenvalue weighted by molar-refractivity contribution is 5.02. The van der Waals surface area contributed by atoms with Crippen LogP contribution >= 0.6 is 0 Å². The summed E-state index contributed by atoms with van der Waals surface area (Å²) in [5.74, 6) is 0.624. The molecular weight excluding hydrogens is 218 g/mol. The van der Waals surface area contributed by atoms with Gasteiger partial charge in [0.15, 0.2) is 0 Å². The summed E-state index contributed by atoms with van der Waals surface area (Å²) in [6.45, 7) is 2.32. The maximum atomic E-state index is 9.82. The average molecular weight is 239 g/mol. The minimum Gasteiger partial charge on any atom is -0.467 e. The van der Waals surface area contributed by atoms with Gasteiger partial charge in [0.2, 0.25) is 0 Å². The van der Waals surface area contributed by atoms with E-state index < -0.39 is 6.10 Å². The third kappa shape index (κ3) is 3.56. The Morgan fingerprint density at radius 3 is 3.00 bits per heavy atom. The summed E-state index contributed by atoms with van der Waals surface area (Å²) in [4.78, 5) is 0. The zero-order valence-electron chi connectivity index (χ0n) is 10.3. The molecule has 2 N–H and O–H groups in total. The van der Waals surface area contributed by atoms with E-state index in [1.54, 1.807) is 25.5 Å². The van der Waals surface area contributed by atoms with Gasteiger partial charge in [-0.3, -0.25) is 0 Å². The molecule has 1 aromatic rings. The Morgan fingerprint density at radius 2 is 2.41 bits per heavy atom. The van der Waals surface area contributed by atoms with E-state index in [1.807, 2.05) is 0 Å². The first-order valence-electron chi connectivity index (χ1n) is 6.17. The Hall–Kier alpha value is -0.840. The van der Waals surface area contributed by atoms with Crippen molar-refractivity contribution in [2.45, 2.75) is 25.4 Å². The zero-order chi connectivity index (χ0) is 12.1. The summed E-state index contributed by atoms with van der Waals surface area (Å²) in [6.07, 6.45) is 4.66. The molecule has 4 nitrogen and oxygen atoms in total. The molecule has 1 fully saturated rings. The van der Waals surface area contributed by atoms with Crippen molar-refractivity contribution < 1.29 is 14.3 Å². The van der Waals surface area contributed by atoms with Crippen LogP contribution in [0.2, 0.25) is 0 Å². The standard InChI is InChI=1S/C13H21NO3/c1-16-8-6-13(4-5-13)10-14-9-11(15)12-3-2-7-17-12/h2-3,7,11,14-15H,4-6,8-10H2,1H3. The summed E-state index contributed by atoms with van der Waals surface area (Å²) >= 11 is 0. The van der Waals surface area contributed by atoms with Gasteiger partial charge in [-0.1, -0.05) is 0 Å². The first-order chi connectivity index (χ1) is 8.26. The molecule has 1 aromatic heterocycles. The van der Waals surface area contributed by atoms with Crippen molar-refractivity contribution in [2.75, 3.05) is 26.8 Å². The lowest BCUT2D eigenvalue weighted by molar-refractivity contribution is 0.140. The maximum Gasteiger partial charge on any atom is 0.133 e. The topological polar surface area (TPSA) is 54.6 Å². The van der Waals surface area contributed by atoms with Crippen molar-refractivity contribution in [2.24, 2.45) is 5.41 Å². The van der Waals surface area contributed by atoms with Gasteiger partial charge in [-0.15, -0.1) is 0 Å². The molecule has 96 valence electrons. The summed E-state index contributed by atoms with van der Waals surface area (Å²) in [6, 6.07) is 3.59. The van der Waals surface area contributed by atoms with Crippen molar-refractivity contribution in [1.82, 2.24) is 5.32 Å². The summed E-state index contributed by atoms with van der Waals surface area (Å²) in [5.41, 5.74) is 0.416. The Balaban J connectivity index is 1.66. The molecule has 1 unspecified atom stereocenters. The van der Waals surface area contributed by atoms with Gasteiger partial charge in [0, 0.05) is 26.8 Å². The van der Waals surface area contributed by atoms with E-state index in [0.29, 0.717) is 17.7 Å². The van der Waals surface area contributed by atoms with Crippen molar-refractivity contribution in [1.29, 1.82) is 0 Å². The highest BCUT2D eigenvalue weighted by Gasteiger charge is 2.41. The van der Waals surface area contributed by atoms with Crippen molar-refractivity contribution in [3.05, 3.63) is 24.2 Å².